The van der Waals surface area contributed by atoms with E-state index in [4.69, 9.17) is 0 Å². The highest BCUT2D eigenvalue weighted by atomic mass is 15.1. The van der Waals surface area contributed by atoms with Crippen LogP contribution in [0.25, 0.3) is 49.4 Å². The van der Waals surface area contributed by atoms with Gasteiger partial charge in [-0.05, 0) is 115 Å². The molecule has 9 aromatic carbocycles. The molecule has 0 fully saturated rings. The fraction of sp³-hybridized carbons (Fsp3) is 0.148. The third-order valence-corrected chi connectivity index (χ3v) is 13.6. The summed E-state index contributed by atoms with van der Waals surface area (Å²) in [6.07, 6.45) is 0. The highest BCUT2D eigenvalue weighted by molar-refractivity contribution is 6.13. The van der Waals surface area contributed by atoms with Crippen molar-refractivity contribution in [3.05, 3.63) is 240 Å². The van der Waals surface area contributed by atoms with Gasteiger partial charge in [-0.2, -0.15) is 0 Å². The molecule has 0 bridgehead atoms. The minimum Gasteiger partial charge on any atom is -0.310 e. The summed E-state index contributed by atoms with van der Waals surface area (Å²) >= 11 is 0. The van der Waals surface area contributed by atoms with Crippen molar-refractivity contribution < 1.29 is 0 Å². The molecule has 0 unspecified atom stereocenters. The molecule has 1 aliphatic rings. The first-order valence-electron chi connectivity index (χ1n) is 22.4. The molecule has 306 valence electrons. The van der Waals surface area contributed by atoms with E-state index in [9.17, 15) is 0 Å². The van der Waals surface area contributed by atoms with Crippen LogP contribution in [0.4, 0.5) is 17.1 Å². The van der Waals surface area contributed by atoms with E-state index in [0.29, 0.717) is 0 Å². The van der Waals surface area contributed by atoms with E-state index < -0.39 is 5.41 Å². The van der Waals surface area contributed by atoms with Crippen LogP contribution >= 0.6 is 0 Å². The highest BCUT2D eigenvalue weighted by Crippen LogP contribution is 2.60. The predicted octanol–water partition coefficient (Wildman–Crippen LogP) is 16.4. The van der Waals surface area contributed by atoms with E-state index in [1.807, 2.05) is 0 Å². The maximum absolute atomic E-state index is 2.53. The third-order valence-electron chi connectivity index (χ3n) is 13.6. The largest absolute Gasteiger partial charge is 0.310 e. The SMILES string of the molecule is CC(C)(C)c1ccc(N(c2ccc(C(C)(C)C)cc2)c2ccc3c(c2)C(c2ccccc2)(c2ccccc2)c2cc(-n4c5ccccc5c5ccccc54)c4ccccc4c2-3)cc1. The van der Waals surface area contributed by atoms with Gasteiger partial charge in [0.05, 0.1) is 22.1 Å². The lowest BCUT2D eigenvalue weighted by Gasteiger charge is -2.35. The van der Waals surface area contributed by atoms with Crippen LogP contribution in [0.2, 0.25) is 0 Å². The van der Waals surface area contributed by atoms with Crippen molar-refractivity contribution in [2.45, 2.75) is 57.8 Å². The number of para-hydroxylation sites is 2. The molecular formula is C61H52N2. The average Bonchev–Trinajstić information content (AvgIpc) is 3.80. The molecule has 0 radical (unpaired) electrons. The summed E-state index contributed by atoms with van der Waals surface area (Å²) in [4.78, 5) is 2.45. The van der Waals surface area contributed by atoms with E-state index in [-0.39, 0.29) is 10.8 Å². The average molecular weight is 813 g/mol. The van der Waals surface area contributed by atoms with Crippen LogP contribution in [-0.4, -0.2) is 4.57 Å². The van der Waals surface area contributed by atoms with Gasteiger partial charge in [-0.25, -0.2) is 0 Å². The summed E-state index contributed by atoms with van der Waals surface area (Å²) in [5.41, 5.74) is 16.7. The van der Waals surface area contributed by atoms with E-state index >= 15 is 0 Å². The molecule has 0 spiro atoms. The van der Waals surface area contributed by atoms with Crippen LogP contribution in [0.3, 0.4) is 0 Å². The second-order valence-corrected chi connectivity index (χ2v) is 19.4. The van der Waals surface area contributed by atoms with Gasteiger partial charge in [0, 0.05) is 33.2 Å². The van der Waals surface area contributed by atoms with Gasteiger partial charge in [-0.1, -0.05) is 193 Å². The smallest absolute Gasteiger partial charge is 0.0715 e. The van der Waals surface area contributed by atoms with E-state index in [0.717, 1.165) is 17.1 Å². The summed E-state index contributed by atoms with van der Waals surface area (Å²) in [6.45, 7) is 13.7. The molecule has 0 N–H and O–H groups in total. The van der Waals surface area contributed by atoms with Crippen LogP contribution in [0.1, 0.15) is 74.9 Å². The van der Waals surface area contributed by atoms with Gasteiger partial charge in [0.1, 0.15) is 0 Å². The van der Waals surface area contributed by atoms with E-state index in [1.54, 1.807) is 0 Å². The maximum atomic E-state index is 2.53. The molecule has 10 aromatic rings. The van der Waals surface area contributed by atoms with Gasteiger partial charge in [-0.15, -0.1) is 0 Å². The van der Waals surface area contributed by atoms with Crippen LogP contribution in [0.5, 0.6) is 0 Å². The van der Waals surface area contributed by atoms with Crippen molar-refractivity contribution >= 4 is 49.6 Å². The first-order chi connectivity index (χ1) is 30.5. The lowest BCUT2D eigenvalue weighted by molar-refractivity contribution is 0.590. The number of hydrogen-bond acceptors (Lipinski definition) is 1. The lowest BCUT2D eigenvalue weighted by Crippen LogP contribution is -2.29. The Morgan fingerprint density at radius 2 is 0.810 bits per heavy atom. The second-order valence-electron chi connectivity index (χ2n) is 19.4. The third kappa shape index (κ3) is 6.07. The fourth-order valence-electron chi connectivity index (χ4n) is 10.5. The Morgan fingerprint density at radius 3 is 1.30 bits per heavy atom. The standard InChI is InChI=1S/C61H52N2/c1-59(2,3)41-29-33-45(34-30-41)62(46-35-31-42(32-36-46)60(4,5)6)47-37-38-52-53(39-47)61(43-19-9-7-10-20-43,44-21-11-8-12-22-44)54-40-57(50-25-13-14-26-51(50)58(52)54)63-55-27-17-15-23-48(55)49-24-16-18-28-56(49)63/h7-40H,1-6H3. The molecule has 0 atom stereocenters. The Balaban J connectivity index is 1.24. The second kappa shape index (κ2) is 14.5. The van der Waals surface area contributed by atoms with Crippen LogP contribution in [0, 0.1) is 0 Å². The normalized spacial score (nSPS) is 13.4. The number of anilines is 3. The molecule has 1 aliphatic carbocycles. The number of hydrogen-bond donors (Lipinski definition) is 0. The number of benzene rings is 9. The summed E-state index contributed by atoms with van der Waals surface area (Å²) in [6, 6.07) is 77.4. The molecule has 2 heteroatoms. The topological polar surface area (TPSA) is 8.17 Å². The molecule has 1 heterocycles. The van der Waals surface area contributed by atoms with Gasteiger partial charge in [0.15, 0.2) is 0 Å². The van der Waals surface area contributed by atoms with Crippen molar-refractivity contribution in [1.82, 2.24) is 4.57 Å². The molecule has 63 heavy (non-hydrogen) atoms. The Hall–Kier alpha value is -7.16. The molecular weight excluding hydrogens is 761 g/mol. The van der Waals surface area contributed by atoms with Crippen LogP contribution in [-0.2, 0) is 16.2 Å². The predicted molar refractivity (Wildman–Crippen MR) is 268 cm³/mol. The quantitative estimate of drug-likeness (QED) is 0.162. The zero-order valence-electron chi connectivity index (χ0n) is 37.0. The number of aromatic nitrogens is 1. The van der Waals surface area contributed by atoms with Crippen molar-refractivity contribution in [2.24, 2.45) is 0 Å². The Labute approximate surface area is 371 Å². The zero-order valence-corrected chi connectivity index (χ0v) is 37.0. The minimum atomic E-state index is -0.640. The van der Waals surface area contributed by atoms with Gasteiger partial charge < -0.3 is 9.47 Å². The summed E-state index contributed by atoms with van der Waals surface area (Å²) in [7, 11) is 0. The van der Waals surface area contributed by atoms with Crippen molar-refractivity contribution in [3.8, 4) is 16.8 Å². The van der Waals surface area contributed by atoms with Crippen LogP contribution < -0.4 is 4.90 Å². The number of fused-ring (bicyclic) bond motifs is 8. The summed E-state index contributed by atoms with van der Waals surface area (Å²) in [5.74, 6) is 0. The molecule has 2 nitrogen and oxygen atoms in total. The molecule has 11 rings (SSSR count). The first-order valence-corrected chi connectivity index (χ1v) is 22.4. The van der Waals surface area contributed by atoms with Gasteiger partial charge >= 0.3 is 0 Å². The van der Waals surface area contributed by atoms with Crippen LogP contribution in [0.15, 0.2) is 206 Å². The Morgan fingerprint density at radius 1 is 0.381 bits per heavy atom. The van der Waals surface area contributed by atoms with Crippen molar-refractivity contribution in [1.29, 1.82) is 0 Å². The Kier molecular flexibility index (Phi) is 8.89. The molecule has 0 saturated heterocycles. The number of nitrogens with zero attached hydrogens (tertiary/aromatic N) is 2. The molecule has 0 amide bonds. The zero-order chi connectivity index (χ0) is 43.1. The maximum Gasteiger partial charge on any atom is 0.0715 e. The van der Waals surface area contributed by atoms with Gasteiger partial charge in [0.2, 0.25) is 0 Å². The minimum absolute atomic E-state index is 0.0445. The van der Waals surface area contributed by atoms with Gasteiger partial charge in [0.25, 0.3) is 0 Å². The fourth-order valence-corrected chi connectivity index (χ4v) is 10.5. The first kappa shape index (κ1) is 38.7. The summed E-state index contributed by atoms with van der Waals surface area (Å²) in [5, 5.41) is 5.00. The van der Waals surface area contributed by atoms with Gasteiger partial charge in [-0.3, -0.25) is 0 Å². The molecule has 0 saturated carbocycles. The van der Waals surface area contributed by atoms with Crippen molar-refractivity contribution in [3.63, 3.8) is 0 Å². The summed E-state index contributed by atoms with van der Waals surface area (Å²) < 4.78 is 2.51. The highest BCUT2D eigenvalue weighted by Gasteiger charge is 2.47. The van der Waals surface area contributed by atoms with E-state index in [1.165, 1.54) is 82.8 Å². The van der Waals surface area contributed by atoms with E-state index in [2.05, 4.69) is 257 Å². The monoisotopic (exact) mass is 812 g/mol. The Bertz CT molecular complexity index is 3170. The molecule has 0 aliphatic heterocycles. The lowest BCUT2D eigenvalue weighted by atomic mass is 9.67. The number of rotatable bonds is 6. The molecule has 1 aromatic heterocycles. The van der Waals surface area contributed by atoms with Crippen molar-refractivity contribution in [2.75, 3.05) is 4.90 Å².